The Hall–Kier alpha value is -1.55. The normalized spacial score (nSPS) is 14.2. The van der Waals surface area contributed by atoms with Crippen LogP contribution < -0.4 is 5.32 Å². The van der Waals surface area contributed by atoms with Crippen molar-refractivity contribution in [2.24, 2.45) is 5.92 Å². The highest BCUT2D eigenvalue weighted by atomic mass is 16.5. The Balaban J connectivity index is 1.58. The van der Waals surface area contributed by atoms with Gasteiger partial charge < -0.3 is 15.0 Å². The third-order valence-corrected chi connectivity index (χ3v) is 3.26. The summed E-state index contributed by atoms with van der Waals surface area (Å²) in [4.78, 5) is 13.6. The van der Waals surface area contributed by atoms with E-state index in [-0.39, 0.29) is 5.91 Å². The molecule has 0 aliphatic heterocycles. The van der Waals surface area contributed by atoms with Gasteiger partial charge in [0.05, 0.1) is 13.2 Å². The molecule has 1 aliphatic carbocycles. The minimum absolute atomic E-state index is 0.0823. The summed E-state index contributed by atoms with van der Waals surface area (Å²) in [7, 11) is 1.81. The third-order valence-electron chi connectivity index (χ3n) is 3.26. The SMILES string of the molecule is CN(CCOCC1CC1)C(=O)CNc1ccccc1. The molecule has 0 unspecified atom stereocenters. The topological polar surface area (TPSA) is 41.6 Å². The Kier molecular flexibility index (Phi) is 5.21. The second-order valence-corrected chi connectivity index (χ2v) is 5.05. The van der Waals surface area contributed by atoms with Gasteiger partial charge in [-0.2, -0.15) is 0 Å². The van der Waals surface area contributed by atoms with Crippen LogP contribution in [0.5, 0.6) is 0 Å². The highest BCUT2D eigenvalue weighted by Crippen LogP contribution is 2.28. The fourth-order valence-electron chi connectivity index (χ4n) is 1.73. The summed E-state index contributed by atoms with van der Waals surface area (Å²) in [5.74, 6) is 0.861. The number of carbonyl (C=O) groups excluding carboxylic acids is 1. The Morgan fingerprint density at radius 2 is 2.11 bits per heavy atom. The lowest BCUT2D eigenvalue weighted by atomic mass is 10.3. The molecule has 0 heterocycles. The molecule has 1 aromatic carbocycles. The van der Waals surface area contributed by atoms with Gasteiger partial charge in [-0.05, 0) is 30.9 Å². The summed E-state index contributed by atoms with van der Waals surface area (Å²) in [6, 6.07) is 9.75. The van der Waals surface area contributed by atoms with Gasteiger partial charge in [0.1, 0.15) is 0 Å². The fraction of sp³-hybridized carbons (Fsp3) is 0.533. The number of nitrogens with one attached hydrogen (secondary N) is 1. The van der Waals surface area contributed by atoms with Crippen molar-refractivity contribution in [1.29, 1.82) is 0 Å². The minimum Gasteiger partial charge on any atom is -0.379 e. The second kappa shape index (κ2) is 7.14. The van der Waals surface area contributed by atoms with Gasteiger partial charge in [0, 0.05) is 25.9 Å². The maximum Gasteiger partial charge on any atom is 0.241 e. The Morgan fingerprint density at radius 1 is 1.37 bits per heavy atom. The molecule has 1 saturated carbocycles. The van der Waals surface area contributed by atoms with Gasteiger partial charge in [0.15, 0.2) is 0 Å². The van der Waals surface area contributed by atoms with Gasteiger partial charge >= 0.3 is 0 Å². The zero-order chi connectivity index (χ0) is 13.5. The third kappa shape index (κ3) is 5.30. The largest absolute Gasteiger partial charge is 0.379 e. The summed E-state index contributed by atoms with van der Waals surface area (Å²) in [6.45, 7) is 2.46. The maximum atomic E-state index is 11.9. The van der Waals surface area contributed by atoms with Gasteiger partial charge in [-0.15, -0.1) is 0 Å². The first kappa shape index (κ1) is 13.9. The van der Waals surface area contributed by atoms with Crippen LogP contribution in [0.3, 0.4) is 0 Å². The molecule has 0 radical (unpaired) electrons. The van der Waals surface area contributed by atoms with E-state index in [0.29, 0.717) is 19.7 Å². The summed E-state index contributed by atoms with van der Waals surface area (Å²) in [5, 5.41) is 3.11. The average Bonchev–Trinajstić information content (AvgIpc) is 3.26. The van der Waals surface area contributed by atoms with Crippen molar-refractivity contribution in [3.8, 4) is 0 Å². The molecule has 104 valence electrons. The van der Waals surface area contributed by atoms with Crippen molar-refractivity contribution in [3.63, 3.8) is 0 Å². The quantitative estimate of drug-likeness (QED) is 0.728. The lowest BCUT2D eigenvalue weighted by Crippen LogP contribution is -2.34. The summed E-state index contributed by atoms with van der Waals surface area (Å²) in [5.41, 5.74) is 0.967. The number of amides is 1. The summed E-state index contributed by atoms with van der Waals surface area (Å²) >= 11 is 0. The van der Waals surface area contributed by atoms with E-state index in [1.807, 2.05) is 37.4 Å². The molecule has 1 N–H and O–H groups in total. The molecule has 1 aromatic rings. The molecule has 0 bridgehead atoms. The van der Waals surface area contributed by atoms with Crippen molar-refractivity contribution in [2.45, 2.75) is 12.8 Å². The zero-order valence-electron chi connectivity index (χ0n) is 11.5. The van der Waals surface area contributed by atoms with E-state index in [1.54, 1.807) is 4.90 Å². The van der Waals surface area contributed by atoms with Gasteiger partial charge in [-0.3, -0.25) is 4.79 Å². The maximum absolute atomic E-state index is 11.9. The summed E-state index contributed by atoms with van der Waals surface area (Å²) < 4.78 is 5.53. The molecular formula is C15H22N2O2. The molecule has 1 aliphatic rings. The van der Waals surface area contributed by atoms with E-state index >= 15 is 0 Å². The molecule has 1 amide bonds. The van der Waals surface area contributed by atoms with Crippen LogP contribution in [0.25, 0.3) is 0 Å². The van der Waals surface area contributed by atoms with Crippen LogP contribution >= 0.6 is 0 Å². The van der Waals surface area contributed by atoms with Crippen molar-refractivity contribution in [3.05, 3.63) is 30.3 Å². The van der Waals surface area contributed by atoms with Gasteiger partial charge in [0.2, 0.25) is 5.91 Å². The van der Waals surface area contributed by atoms with E-state index in [0.717, 1.165) is 18.2 Å². The Bertz CT molecular complexity index is 390. The Morgan fingerprint density at radius 3 is 2.79 bits per heavy atom. The highest BCUT2D eigenvalue weighted by Gasteiger charge is 2.21. The molecule has 0 saturated heterocycles. The molecule has 4 heteroatoms. The van der Waals surface area contributed by atoms with E-state index in [4.69, 9.17) is 4.74 Å². The number of anilines is 1. The van der Waals surface area contributed by atoms with Crippen LogP contribution in [0.1, 0.15) is 12.8 Å². The van der Waals surface area contributed by atoms with Gasteiger partial charge in [0.25, 0.3) is 0 Å². The predicted octanol–water partition coefficient (Wildman–Crippen LogP) is 1.98. The number of ether oxygens (including phenoxy) is 1. The number of para-hydroxylation sites is 1. The first-order valence-corrected chi connectivity index (χ1v) is 6.86. The van der Waals surface area contributed by atoms with Crippen LogP contribution in [0.2, 0.25) is 0 Å². The number of benzene rings is 1. The first-order chi connectivity index (χ1) is 9.25. The van der Waals surface area contributed by atoms with Crippen molar-refractivity contribution < 1.29 is 9.53 Å². The van der Waals surface area contributed by atoms with Crippen LogP contribution in [0.15, 0.2) is 30.3 Å². The van der Waals surface area contributed by atoms with E-state index < -0.39 is 0 Å². The van der Waals surface area contributed by atoms with E-state index in [2.05, 4.69) is 5.32 Å². The molecule has 4 nitrogen and oxygen atoms in total. The van der Waals surface area contributed by atoms with Crippen LogP contribution in [0, 0.1) is 5.92 Å². The number of nitrogens with zero attached hydrogens (tertiary/aromatic N) is 1. The minimum atomic E-state index is 0.0823. The number of hydrogen-bond acceptors (Lipinski definition) is 3. The van der Waals surface area contributed by atoms with Crippen LogP contribution in [-0.2, 0) is 9.53 Å². The molecule has 2 rings (SSSR count). The monoisotopic (exact) mass is 262 g/mol. The van der Waals surface area contributed by atoms with E-state index in [9.17, 15) is 4.79 Å². The van der Waals surface area contributed by atoms with E-state index in [1.165, 1.54) is 12.8 Å². The fourth-order valence-corrected chi connectivity index (χ4v) is 1.73. The smallest absolute Gasteiger partial charge is 0.241 e. The molecule has 0 spiro atoms. The standard InChI is InChI=1S/C15H22N2O2/c1-17(9-10-19-12-13-7-8-13)15(18)11-16-14-5-3-2-4-6-14/h2-6,13,16H,7-12H2,1H3. The number of rotatable bonds is 8. The first-order valence-electron chi connectivity index (χ1n) is 6.86. The molecule has 0 aromatic heterocycles. The lowest BCUT2D eigenvalue weighted by molar-refractivity contribution is -0.128. The zero-order valence-corrected chi connectivity index (χ0v) is 11.5. The molecule has 1 fully saturated rings. The van der Waals surface area contributed by atoms with Crippen molar-refractivity contribution in [2.75, 3.05) is 38.7 Å². The van der Waals surface area contributed by atoms with Crippen molar-refractivity contribution in [1.82, 2.24) is 4.90 Å². The molecule has 19 heavy (non-hydrogen) atoms. The van der Waals surface area contributed by atoms with Gasteiger partial charge in [-0.25, -0.2) is 0 Å². The lowest BCUT2D eigenvalue weighted by Gasteiger charge is -2.17. The number of carbonyl (C=O) groups is 1. The average molecular weight is 262 g/mol. The highest BCUT2D eigenvalue weighted by molar-refractivity contribution is 5.80. The van der Waals surface area contributed by atoms with Crippen molar-refractivity contribution >= 4 is 11.6 Å². The van der Waals surface area contributed by atoms with Gasteiger partial charge in [-0.1, -0.05) is 18.2 Å². The number of likely N-dealkylation sites (N-methyl/N-ethyl adjacent to an activating group) is 1. The van der Waals surface area contributed by atoms with Crippen LogP contribution in [-0.4, -0.2) is 44.2 Å². The van der Waals surface area contributed by atoms with Crippen LogP contribution in [0.4, 0.5) is 5.69 Å². The second-order valence-electron chi connectivity index (χ2n) is 5.05. The number of hydrogen-bond donors (Lipinski definition) is 1. The Labute approximate surface area is 114 Å². The predicted molar refractivity (Wildman–Crippen MR) is 76.1 cm³/mol. The molecule has 0 atom stereocenters. The summed E-state index contributed by atoms with van der Waals surface area (Å²) in [6.07, 6.45) is 2.60. The molecular weight excluding hydrogens is 240 g/mol.